The largest absolute Gasteiger partial charge is 0.478 e. The van der Waals surface area contributed by atoms with Crippen LogP contribution >= 0.6 is 0 Å². The number of hydrogen-bond acceptors (Lipinski definition) is 5. The Morgan fingerprint density at radius 2 is 2.00 bits per heavy atom. The summed E-state index contributed by atoms with van der Waals surface area (Å²) in [5, 5.41) is 19.7. The minimum absolute atomic E-state index is 0.0372. The van der Waals surface area contributed by atoms with Gasteiger partial charge in [0.1, 0.15) is 11.9 Å². The number of rotatable bonds is 6. The van der Waals surface area contributed by atoms with Crippen LogP contribution in [0.25, 0.3) is 0 Å². The van der Waals surface area contributed by atoms with Crippen LogP contribution in [0.5, 0.6) is 0 Å². The van der Waals surface area contributed by atoms with Crippen LogP contribution in [0.4, 0.5) is 16.2 Å². The number of hydrogen-bond donors (Lipinski definition) is 4. The Morgan fingerprint density at radius 1 is 1.30 bits per heavy atom. The molecule has 1 fully saturated rings. The van der Waals surface area contributed by atoms with Gasteiger partial charge in [0, 0.05) is 16.9 Å². The van der Waals surface area contributed by atoms with Crippen LogP contribution < -0.4 is 16.0 Å². The molecule has 2 atom stereocenters. The maximum absolute atomic E-state index is 12.2. The average Bonchev–Trinajstić information content (AvgIpc) is 3.04. The van der Waals surface area contributed by atoms with Crippen LogP contribution in [-0.2, 0) is 4.74 Å². The summed E-state index contributed by atoms with van der Waals surface area (Å²) in [6.45, 7) is 2.22. The molecule has 2 unspecified atom stereocenters. The van der Waals surface area contributed by atoms with Gasteiger partial charge in [-0.2, -0.15) is 0 Å². The number of amides is 1. The highest BCUT2D eigenvalue weighted by Gasteiger charge is 2.35. The van der Waals surface area contributed by atoms with Crippen LogP contribution in [0.3, 0.4) is 0 Å². The topological polar surface area (TPSA) is 129 Å². The first-order chi connectivity index (χ1) is 12.8. The van der Waals surface area contributed by atoms with Gasteiger partial charge in [0.25, 0.3) is 0 Å². The van der Waals surface area contributed by atoms with Crippen molar-refractivity contribution >= 4 is 29.3 Å². The van der Waals surface area contributed by atoms with Gasteiger partial charge < -0.3 is 20.9 Å². The van der Waals surface area contributed by atoms with Gasteiger partial charge in [0.05, 0.1) is 18.2 Å². The summed E-state index contributed by atoms with van der Waals surface area (Å²) in [6.07, 6.45) is -0.859. The second-order valence-electron chi connectivity index (χ2n) is 6.31. The van der Waals surface area contributed by atoms with Crippen molar-refractivity contribution in [3.8, 4) is 0 Å². The summed E-state index contributed by atoms with van der Waals surface area (Å²) < 4.78 is 5.46. The molecule has 1 heterocycles. The van der Waals surface area contributed by atoms with Gasteiger partial charge in [-0.25, -0.2) is 9.59 Å². The fourth-order valence-corrected chi connectivity index (χ4v) is 2.87. The lowest BCUT2D eigenvalue weighted by Crippen LogP contribution is -2.34. The number of ether oxygens (including phenoxy) is 1. The maximum atomic E-state index is 12.2. The Morgan fingerprint density at radius 3 is 2.63 bits per heavy atom. The maximum Gasteiger partial charge on any atom is 0.414 e. The first-order valence-electron chi connectivity index (χ1n) is 8.37. The molecule has 3 rings (SSSR count). The van der Waals surface area contributed by atoms with Gasteiger partial charge >= 0.3 is 12.1 Å². The molecular formula is C19H20N4O4. The van der Waals surface area contributed by atoms with E-state index in [9.17, 15) is 9.59 Å². The standard InChI is InChI=1S/C19H20N4O4/c1-11(22-14-4-2-3-13(9-14)18(24)25)16-10-23(19(26)27-16)15-7-5-12(6-8-15)17(20)21/h2-9,11,16,22H,10H2,1H3,(H3,20,21)(H,24,25). The molecular weight excluding hydrogens is 348 g/mol. The summed E-state index contributed by atoms with van der Waals surface area (Å²) in [6, 6.07) is 13.0. The van der Waals surface area contributed by atoms with E-state index in [2.05, 4.69) is 5.32 Å². The number of cyclic esters (lactones) is 1. The number of amidine groups is 1. The van der Waals surface area contributed by atoms with Crippen molar-refractivity contribution < 1.29 is 19.4 Å². The summed E-state index contributed by atoms with van der Waals surface area (Å²) in [4.78, 5) is 24.8. The number of carboxylic acid groups (broad SMARTS) is 1. The number of anilines is 2. The predicted molar refractivity (Wildman–Crippen MR) is 102 cm³/mol. The quantitative estimate of drug-likeness (QED) is 0.458. The summed E-state index contributed by atoms with van der Waals surface area (Å²) in [7, 11) is 0. The lowest BCUT2D eigenvalue weighted by atomic mass is 10.1. The average molecular weight is 368 g/mol. The molecule has 5 N–H and O–H groups in total. The molecule has 140 valence electrons. The second kappa shape index (κ2) is 7.36. The molecule has 1 aliphatic heterocycles. The SMILES string of the molecule is CC(Nc1cccc(C(=O)O)c1)C1CN(c2ccc(C(=N)N)cc2)C(=O)O1. The molecule has 0 spiro atoms. The van der Waals surface area contributed by atoms with Crippen LogP contribution in [0.15, 0.2) is 48.5 Å². The molecule has 1 aliphatic rings. The third kappa shape index (κ3) is 4.00. The molecule has 0 aliphatic carbocycles. The first-order valence-corrected chi connectivity index (χ1v) is 8.37. The van der Waals surface area contributed by atoms with E-state index in [-0.39, 0.29) is 17.4 Å². The number of nitrogens with zero attached hydrogens (tertiary/aromatic N) is 1. The molecule has 8 heteroatoms. The highest BCUT2D eigenvalue weighted by Crippen LogP contribution is 2.24. The number of nitrogens with one attached hydrogen (secondary N) is 2. The number of carbonyl (C=O) groups is 2. The van der Waals surface area contributed by atoms with E-state index in [0.717, 1.165) is 0 Å². The monoisotopic (exact) mass is 368 g/mol. The van der Waals surface area contributed by atoms with Crippen LogP contribution in [-0.4, -0.2) is 41.7 Å². The normalized spacial score (nSPS) is 17.3. The van der Waals surface area contributed by atoms with Crippen molar-refractivity contribution in [3.05, 3.63) is 59.7 Å². The van der Waals surface area contributed by atoms with Gasteiger partial charge in [-0.15, -0.1) is 0 Å². The van der Waals surface area contributed by atoms with E-state index in [1.165, 1.54) is 17.0 Å². The third-order valence-electron chi connectivity index (χ3n) is 4.39. The Hall–Kier alpha value is -3.55. The number of nitrogens with two attached hydrogens (primary N) is 1. The van der Waals surface area contributed by atoms with E-state index < -0.39 is 18.2 Å². The van der Waals surface area contributed by atoms with Gasteiger partial charge in [0.2, 0.25) is 0 Å². The predicted octanol–water partition coefficient (Wildman–Crippen LogP) is 2.49. The molecule has 1 saturated heterocycles. The minimum Gasteiger partial charge on any atom is -0.478 e. The Balaban J connectivity index is 1.68. The van der Waals surface area contributed by atoms with Gasteiger partial charge in [0.15, 0.2) is 0 Å². The molecule has 0 radical (unpaired) electrons. The lowest BCUT2D eigenvalue weighted by molar-refractivity contribution is 0.0697. The highest BCUT2D eigenvalue weighted by molar-refractivity contribution is 5.96. The third-order valence-corrected chi connectivity index (χ3v) is 4.39. The van der Waals surface area contributed by atoms with Gasteiger partial charge in [-0.05, 0) is 49.4 Å². The van der Waals surface area contributed by atoms with E-state index >= 15 is 0 Å². The zero-order valence-electron chi connectivity index (χ0n) is 14.7. The van der Waals surface area contributed by atoms with Crippen LogP contribution in [0, 0.1) is 5.41 Å². The van der Waals surface area contributed by atoms with Crippen molar-refractivity contribution in [2.24, 2.45) is 5.73 Å². The van der Waals surface area contributed by atoms with Crippen molar-refractivity contribution in [3.63, 3.8) is 0 Å². The van der Waals surface area contributed by atoms with Crippen LogP contribution in [0.2, 0.25) is 0 Å². The van der Waals surface area contributed by atoms with E-state index in [4.69, 9.17) is 21.0 Å². The Kier molecular flexibility index (Phi) is 4.98. The second-order valence-corrected chi connectivity index (χ2v) is 6.31. The number of carboxylic acids is 1. The molecule has 27 heavy (non-hydrogen) atoms. The molecule has 0 saturated carbocycles. The Bertz CT molecular complexity index is 882. The number of aromatic carboxylic acids is 1. The fourth-order valence-electron chi connectivity index (χ4n) is 2.87. The van der Waals surface area contributed by atoms with E-state index in [1.807, 2.05) is 6.92 Å². The summed E-state index contributed by atoms with van der Waals surface area (Å²) in [5.41, 5.74) is 7.51. The Labute approximate surface area is 156 Å². The molecule has 2 aromatic carbocycles. The number of nitrogen functional groups attached to an aromatic ring is 1. The van der Waals surface area contributed by atoms with Crippen molar-refractivity contribution in [2.75, 3.05) is 16.8 Å². The first kappa shape index (κ1) is 18.2. The number of benzene rings is 2. The van der Waals surface area contributed by atoms with E-state index in [1.54, 1.807) is 36.4 Å². The smallest absolute Gasteiger partial charge is 0.414 e. The van der Waals surface area contributed by atoms with Crippen molar-refractivity contribution in [1.82, 2.24) is 0 Å². The molecule has 0 bridgehead atoms. The van der Waals surface area contributed by atoms with Crippen molar-refractivity contribution in [1.29, 1.82) is 5.41 Å². The minimum atomic E-state index is -1.00. The zero-order chi connectivity index (χ0) is 19.6. The molecule has 0 aromatic heterocycles. The molecule has 8 nitrogen and oxygen atoms in total. The highest BCUT2D eigenvalue weighted by atomic mass is 16.6. The molecule has 1 amide bonds. The van der Waals surface area contributed by atoms with E-state index in [0.29, 0.717) is 23.5 Å². The van der Waals surface area contributed by atoms with Gasteiger partial charge in [-0.1, -0.05) is 6.07 Å². The fraction of sp³-hybridized carbons (Fsp3) is 0.211. The van der Waals surface area contributed by atoms with Gasteiger partial charge in [-0.3, -0.25) is 10.3 Å². The zero-order valence-corrected chi connectivity index (χ0v) is 14.7. The summed E-state index contributed by atoms with van der Waals surface area (Å²) >= 11 is 0. The van der Waals surface area contributed by atoms with Crippen LogP contribution in [0.1, 0.15) is 22.8 Å². The summed E-state index contributed by atoms with van der Waals surface area (Å²) in [5.74, 6) is -1.04. The molecule has 2 aromatic rings. The lowest BCUT2D eigenvalue weighted by Gasteiger charge is -2.20. The van der Waals surface area contributed by atoms with Crippen molar-refractivity contribution in [2.45, 2.75) is 19.1 Å². The number of carbonyl (C=O) groups excluding carboxylic acids is 1.